The standard InChI is InChI=1S/C31H44FN5O6S/c1-8-21(19-10-12-20(32)13-11-19)26(38)37-30-22(31(42)43-7)18(6)25(44-30)29(41)35-15-9-14-34-28(40)24(17(4)5)36-27(39)23(33)16(2)3/h10-13,16-17,21,23-24H,8-9,14-15,33H2,1-7H3,(H,34,40)(H,35,41)(H,36,39)(H,37,38). The van der Waals surface area contributed by atoms with E-state index in [1.54, 1.807) is 6.92 Å². The molecule has 44 heavy (non-hydrogen) atoms. The number of amides is 4. The molecule has 2 rings (SSSR count). The van der Waals surface area contributed by atoms with Gasteiger partial charge in [-0.25, -0.2) is 9.18 Å². The van der Waals surface area contributed by atoms with Crippen molar-refractivity contribution in [2.24, 2.45) is 17.6 Å². The summed E-state index contributed by atoms with van der Waals surface area (Å²) >= 11 is 0.952. The second kappa shape index (κ2) is 16.9. The number of hydrogen-bond acceptors (Lipinski definition) is 8. The summed E-state index contributed by atoms with van der Waals surface area (Å²) in [5, 5.41) is 11.2. The van der Waals surface area contributed by atoms with Gasteiger partial charge in [-0.1, -0.05) is 46.8 Å². The minimum atomic E-state index is -0.753. The van der Waals surface area contributed by atoms with E-state index in [0.29, 0.717) is 24.0 Å². The number of halogens is 1. The van der Waals surface area contributed by atoms with Crippen LogP contribution in [0.2, 0.25) is 0 Å². The molecule has 0 aliphatic rings. The normalized spacial score (nSPS) is 13.2. The van der Waals surface area contributed by atoms with E-state index in [4.69, 9.17) is 10.5 Å². The molecular formula is C31H44FN5O6S. The highest BCUT2D eigenvalue weighted by Gasteiger charge is 2.29. The van der Waals surface area contributed by atoms with Gasteiger partial charge in [-0.05, 0) is 54.9 Å². The number of anilines is 1. The highest BCUT2D eigenvalue weighted by molar-refractivity contribution is 7.18. The second-order valence-electron chi connectivity index (χ2n) is 11.2. The van der Waals surface area contributed by atoms with Crippen molar-refractivity contribution in [3.63, 3.8) is 0 Å². The molecule has 3 atom stereocenters. The van der Waals surface area contributed by atoms with E-state index in [1.165, 1.54) is 31.4 Å². The molecule has 4 amide bonds. The van der Waals surface area contributed by atoms with E-state index in [1.807, 2.05) is 34.6 Å². The molecule has 0 aliphatic heterocycles. The fourth-order valence-corrected chi connectivity index (χ4v) is 5.53. The Morgan fingerprint density at radius 2 is 1.55 bits per heavy atom. The number of carbonyl (C=O) groups excluding carboxylic acids is 5. The maximum Gasteiger partial charge on any atom is 0.341 e. The summed E-state index contributed by atoms with van der Waals surface area (Å²) in [6, 6.07) is 4.14. The van der Waals surface area contributed by atoms with Crippen molar-refractivity contribution in [2.45, 2.75) is 72.4 Å². The maximum atomic E-state index is 13.4. The minimum absolute atomic E-state index is 0.0767. The first-order valence-corrected chi connectivity index (χ1v) is 15.4. The Kier molecular flexibility index (Phi) is 13.9. The molecule has 0 spiro atoms. The van der Waals surface area contributed by atoms with Gasteiger partial charge in [0.2, 0.25) is 17.7 Å². The average molecular weight is 634 g/mol. The second-order valence-corrected chi connectivity index (χ2v) is 12.2. The van der Waals surface area contributed by atoms with Crippen LogP contribution in [0, 0.1) is 24.6 Å². The number of methoxy groups -OCH3 is 1. The first-order valence-electron chi connectivity index (χ1n) is 14.6. The molecule has 242 valence electrons. The van der Waals surface area contributed by atoms with Gasteiger partial charge < -0.3 is 31.7 Å². The number of ether oxygens (including phenoxy) is 1. The highest BCUT2D eigenvalue weighted by Crippen LogP contribution is 2.35. The van der Waals surface area contributed by atoms with Gasteiger partial charge in [-0.2, -0.15) is 0 Å². The van der Waals surface area contributed by atoms with Gasteiger partial charge in [0.05, 0.1) is 29.5 Å². The summed E-state index contributed by atoms with van der Waals surface area (Å²) in [5.74, 6) is -3.57. The molecule has 0 aliphatic carbocycles. The van der Waals surface area contributed by atoms with Gasteiger partial charge in [0, 0.05) is 13.1 Å². The molecule has 6 N–H and O–H groups in total. The Hall–Kier alpha value is -3.84. The average Bonchev–Trinajstić information content (AvgIpc) is 3.30. The van der Waals surface area contributed by atoms with E-state index >= 15 is 0 Å². The van der Waals surface area contributed by atoms with Crippen molar-refractivity contribution in [1.82, 2.24) is 16.0 Å². The number of nitrogens with two attached hydrogens (primary N) is 1. The number of thiophene rings is 1. The van der Waals surface area contributed by atoms with E-state index in [2.05, 4.69) is 21.3 Å². The van der Waals surface area contributed by atoms with Gasteiger partial charge in [0.25, 0.3) is 5.91 Å². The summed E-state index contributed by atoms with van der Waals surface area (Å²) < 4.78 is 18.3. The zero-order valence-electron chi connectivity index (χ0n) is 26.3. The number of benzene rings is 1. The highest BCUT2D eigenvalue weighted by atomic mass is 32.1. The summed E-state index contributed by atoms with van der Waals surface area (Å²) in [5.41, 5.74) is 6.95. The Labute approximate surface area is 261 Å². The minimum Gasteiger partial charge on any atom is -0.465 e. The lowest BCUT2D eigenvalue weighted by Gasteiger charge is -2.24. The number of rotatable bonds is 15. The summed E-state index contributed by atoms with van der Waals surface area (Å²) in [6.45, 7) is 11.2. The molecule has 3 unspecified atom stereocenters. The van der Waals surface area contributed by atoms with Crippen molar-refractivity contribution in [3.05, 3.63) is 51.7 Å². The van der Waals surface area contributed by atoms with Crippen LogP contribution < -0.4 is 27.0 Å². The molecule has 0 saturated carbocycles. The number of carbonyl (C=O) groups is 5. The summed E-state index contributed by atoms with van der Waals surface area (Å²) in [7, 11) is 1.21. The van der Waals surface area contributed by atoms with Gasteiger partial charge in [0.1, 0.15) is 16.9 Å². The van der Waals surface area contributed by atoms with Crippen molar-refractivity contribution in [2.75, 3.05) is 25.5 Å². The molecule has 13 heteroatoms. The zero-order chi connectivity index (χ0) is 33.1. The molecule has 0 bridgehead atoms. The Balaban J connectivity index is 2.04. The van der Waals surface area contributed by atoms with Crippen LogP contribution in [0.15, 0.2) is 24.3 Å². The Morgan fingerprint density at radius 3 is 2.09 bits per heavy atom. The van der Waals surface area contributed by atoms with Gasteiger partial charge >= 0.3 is 5.97 Å². The van der Waals surface area contributed by atoms with Crippen molar-refractivity contribution >= 4 is 45.9 Å². The van der Waals surface area contributed by atoms with Gasteiger partial charge in [-0.3, -0.25) is 19.2 Å². The topological polar surface area (TPSA) is 169 Å². The van der Waals surface area contributed by atoms with E-state index in [0.717, 1.165) is 11.3 Å². The van der Waals surface area contributed by atoms with Gasteiger partial charge in [0.15, 0.2) is 0 Å². The van der Waals surface area contributed by atoms with Crippen LogP contribution in [0.1, 0.15) is 84.5 Å². The van der Waals surface area contributed by atoms with Crippen LogP contribution in [0.4, 0.5) is 9.39 Å². The first-order chi connectivity index (χ1) is 20.7. The first kappa shape index (κ1) is 36.4. The lowest BCUT2D eigenvalue weighted by Crippen LogP contribution is -2.55. The number of hydrogen-bond donors (Lipinski definition) is 5. The molecule has 0 radical (unpaired) electrons. The fourth-order valence-electron chi connectivity index (χ4n) is 4.41. The summed E-state index contributed by atoms with van der Waals surface area (Å²) in [4.78, 5) is 64.2. The molecule has 0 fully saturated rings. The van der Waals surface area contributed by atoms with Crippen molar-refractivity contribution in [3.8, 4) is 0 Å². The summed E-state index contributed by atoms with van der Waals surface area (Å²) in [6.07, 6.45) is 0.824. The maximum absolute atomic E-state index is 13.4. The lowest BCUT2D eigenvalue weighted by molar-refractivity contribution is -0.131. The fraction of sp³-hybridized carbons (Fsp3) is 0.516. The molecule has 0 saturated heterocycles. The van der Waals surface area contributed by atoms with Crippen molar-refractivity contribution < 1.29 is 33.1 Å². The van der Waals surface area contributed by atoms with E-state index < -0.39 is 47.5 Å². The SMILES string of the molecule is CCC(C(=O)Nc1sc(C(=O)NCCCNC(=O)C(NC(=O)C(N)C(C)C)C(C)C)c(C)c1C(=O)OC)c1ccc(F)cc1. The smallest absolute Gasteiger partial charge is 0.341 e. The van der Waals surface area contributed by atoms with E-state index in [9.17, 15) is 28.4 Å². The third-order valence-electron chi connectivity index (χ3n) is 7.18. The predicted molar refractivity (Wildman–Crippen MR) is 168 cm³/mol. The van der Waals surface area contributed by atoms with Crippen LogP contribution in [-0.4, -0.2) is 61.9 Å². The van der Waals surface area contributed by atoms with Gasteiger partial charge in [-0.15, -0.1) is 11.3 Å². The van der Waals surface area contributed by atoms with Crippen LogP contribution >= 0.6 is 11.3 Å². The van der Waals surface area contributed by atoms with Crippen molar-refractivity contribution in [1.29, 1.82) is 0 Å². The van der Waals surface area contributed by atoms with Crippen LogP contribution in [0.25, 0.3) is 0 Å². The van der Waals surface area contributed by atoms with E-state index in [-0.39, 0.29) is 46.3 Å². The Bertz CT molecular complexity index is 1330. The largest absolute Gasteiger partial charge is 0.465 e. The van der Waals surface area contributed by atoms with Crippen LogP contribution in [-0.2, 0) is 19.1 Å². The quantitative estimate of drug-likeness (QED) is 0.148. The predicted octanol–water partition coefficient (Wildman–Crippen LogP) is 3.47. The molecule has 1 aromatic carbocycles. The molecule has 1 aromatic heterocycles. The lowest BCUT2D eigenvalue weighted by atomic mass is 9.95. The Morgan fingerprint density at radius 1 is 0.932 bits per heavy atom. The molecule has 2 aromatic rings. The molecule has 1 heterocycles. The molecule has 11 nitrogen and oxygen atoms in total. The number of nitrogens with one attached hydrogen (secondary N) is 4. The van der Waals surface area contributed by atoms with Crippen LogP contribution in [0.5, 0.6) is 0 Å². The third-order valence-corrected chi connectivity index (χ3v) is 8.39. The third kappa shape index (κ3) is 9.58. The monoisotopic (exact) mass is 633 g/mol. The number of esters is 1. The van der Waals surface area contributed by atoms with Crippen LogP contribution in [0.3, 0.4) is 0 Å². The molecular weight excluding hydrogens is 589 g/mol. The zero-order valence-corrected chi connectivity index (χ0v) is 27.2.